The van der Waals surface area contributed by atoms with Crippen molar-refractivity contribution in [3.63, 3.8) is 0 Å². The molecule has 2 N–H and O–H groups in total. The van der Waals surface area contributed by atoms with E-state index in [0.717, 1.165) is 17.6 Å². The van der Waals surface area contributed by atoms with E-state index in [0.29, 0.717) is 5.46 Å². The minimum Gasteiger partial charge on any atom is -0.423 e. The minimum absolute atomic E-state index is 0.478. The molecule has 0 spiro atoms. The summed E-state index contributed by atoms with van der Waals surface area (Å²) >= 11 is 0. The van der Waals surface area contributed by atoms with Gasteiger partial charge in [0.2, 0.25) is 0 Å². The SMILES string of the molecule is C=C(/C=C\C=C1\C=CC=CC1)c1ccc(B(O)O)cc1. The molecule has 100 valence electrons. The maximum atomic E-state index is 9.04. The normalized spacial score (nSPS) is 16.0. The fourth-order valence-electron chi connectivity index (χ4n) is 1.91. The lowest BCUT2D eigenvalue weighted by Gasteiger charge is -2.03. The standard InChI is InChI=1S/C17H17BO2/c1-14(6-5-9-15-7-3-2-4-8-15)16-10-12-17(13-11-16)18(19)20/h2-7,9-13,19-20H,1,8H2/b6-5-,15-9-. The van der Waals surface area contributed by atoms with Gasteiger partial charge in [0.05, 0.1) is 0 Å². The van der Waals surface area contributed by atoms with E-state index >= 15 is 0 Å². The molecule has 0 saturated carbocycles. The average Bonchev–Trinajstić information content (AvgIpc) is 2.48. The van der Waals surface area contributed by atoms with Gasteiger partial charge in [0.1, 0.15) is 0 Å². The molecule has 2 nitrogen and oxygen atoms in total. The van der Waals surface area contributed by atoms with Crippen molar-refractivity contribution < 1.29 is 10.0 Å². The summed E-state index contributed by atoms with van der Waals surface area (Å²) in [5, 5.41) is 18.1. The molecule has 0 unspecified atom stereocenters. The fourth-order valence-corrected chi connectivity index (χ4v) is 1.91. The zero-order chi connectivity index (χ0) is 14.4. The van der Waals surface area contributed by atoms with Gasteiger partial charge < -0.3 is 10.0 Å². The van der Waals surface area contributed by atoms with Gasteiger partial charge in [-0.25, -0.2) is 0 Å². The van der Waals surface area contributed by atoms with Crippen molar-refractivity contribution in [1.29, 1.82) is 0 Å². The van der Waals surface area contributed by atoms with Gasteiger partial charge >= 0.3 is 7.12 Å². The van der Waals surface area contributed by atoms with Crippen molar-refractivity contribution in [2.75, 3.05) is 0 Å². The number of rotatable bonds is 4. The van der Waals surface area contributed by atoms with Gasteiger partial charge in [-0.3, -0.25) is 0 Å². The zero-order valence-corrected chi connectivity index (χ0v) is 11.2. The van der Waals surface area contributed by atoms with E-state index in [1.54, 1.807) is 12.1 Å². The van der Waals surface area contributed by atoms with E-state index in [9.17, 15) is 0 Å². The Morgan fingerprint density at radius 3 is 2.50 bits per heavy atom. The van der Waals surface area contributed by atoms with Crippen LogP contribution in [0.4, 0.5) is 0 Å². The molecule has 0 fully saturated rings. The van der Waals surface area contributed by atoms with Gasteiger partial charge in [0, 0.05) is 0 Å². The second kappa shape index (κ2) is 6.89. The number of hydrogen-bond acceptors (Lipinski definition) is 2. The predicted molar refractivity (Wildman–Crippen MR) is 85.4 cm³/mol. The molecule has 2 rings (SSSR count). The van der Waals surface area contributed by atoms with E-state index in [2.05, 4.69) is 24.8 Å². The summed E-state index contributed by atoms with van der Waals surface area (Å²) in [6.45, 7) is 4.01. The largest absolute Gasteiger partial charge is 0.488 e. The summed E-state index contributed by atoms with van der Waals surface area (Å²) in [4.78, 5) is 0. The molecule has 1 aliphatic carbocycles. The smallest absolute Gasteiger partial charge is 0.423 e. The maximum absolute atomic E-state index is 9.04. The lowest BCUT2D eigenvalue weighted by molar-refractivity contribution is 0.426. The number of benzene rings is 1. The summed E-state index contributed by atoms with van der Waals surface area (Å²) in [5.41, 5.74) is 3.58. The molecule has 0 amide bonds. The highest BCUT2D eigenvalue weighted by atomic mass is 16.4. The van der Waals surface area contributed by atoms with Crippen LogP contribution in [0.5, 0.6) is 0 Å². The molecule has 0 aliphatic heterocycles. The van der Waals surface area contributed by atoms with Crippen LogP contribution < -0.4 is 5.46 Å². The van der Waals surface area contributed by atoms with Crippen LogP contribution in [-0.4, -0.2) is 17.2 Å². The van der Waals surface area contributed by atoms with Crippen LogP contribution in [0.3, 0.4) is 0 Å². The molecule has 20 heavy (non-hydrogen) atoms. The average molecular weight is 264 g/mol. The number of allylic oxidation sites excluding steroid dienone is 9. The fraction of sp³-hybridized carbons (Fsp3) is 0.0588. The van der Waals surface area contributed by atoms with E-state index in [1.165, 1.54) is 5.57 Å². The van der Waals surface area contributed by atoms with Gasteiger partial charge in [-0.2, -0.15) is 0 Å². The van der Waals surface area contributed by atoms with Gasteiger partial charge in [-0.15, -0.1) is 0 Å². The summed E-state index contributed by atoms with van der Waals surface area (Å²) < 4.78 is 0. The summed E-state index contributed by atoms with van der Waals surface area (Å²) in [7, 11) is -1.43. The Bertz CT molecular complexity index is 590. The van der Waals surface area contributed by atoms with Gasteiger partial charge in [0.25, 0.3) is 0 Å². The molecule has 0 saturated heterocycles. The molecule has 1 aromatic carbocycles. The van der Waals surface area contributed by atoms with Crippen molar-refractivity contribution in [3.05, 3.63) is 84.5 Å². The molecule has 1 aromatic rings. The molecule has 0 heterocycles. The first-order valence-electron chi connectivity index (χ1n) is 6.52. The third kappa shape index (κ3) is 3.95. The quantitative estimate of drug-likeness (QED) is 0.647. The first kappa shape index (κ1) is 14.3. The van der Waals surface area contributed by atoms with Gasteiger partial charge in [-0.1, -0.05) is 73.4 Å². The molecule has 0 bridgehead atoms. The second-order valence-corrected chi connectivity index (χ2v) is 4.61. The van der Waals surface area contributed by atoms with Crippen LogP contribution in [-0.2, 0) is 0 Å². The van der Waals surface area contributed by atoms with E-state index < -0.39 is 7.12 Å². The zero-order valence-electron chi connectivity index (χ0n) is 11.2. The Morgan fingerprint density at radius 1 is 1.15 bits per heavy atom. The summed E-state index contributed by atoms with van der Waals surface area (Å²) in [5.74, 6) is 0. The van der Waals surface area contributed by atoms with E-state index in [1.807, 2.05) is 36.4 Å². The second-order valence-electron chi connectivity index (χ2n) is 4.61. The first-order valence-corrected chi connectivity index (χ1v) is 6.52. The van der Waals surface area contributed by atoms with Gasteiger partial charge in [0.15, 0.2) is 0 Å². The monoisotopic (exact) mass is 264 g/mol. The molecular weight excluding hydrogens is 247 g/mol. The number of hydrogen-bond donors (Lipinski definition) is 2. The van der Waals surface area contributed by atoms with Crippen LogP contribution in [0, 0.1) is 0 Å². The summed E-state index contributed by atoms with van der Waals surface area (Å²) in [6.07, 6.45) is 15.2. The van der Waals surface area contributed by atoms with Crippen molar-refractivity contribution in [2.45, 2.75) is 6.42 Å². The molecular formula is C17H17BO2. The highest BCUT2D eigenvalue weighted by Gasteiger charge is 2.09. The Morgan fingerprint density at radius 2 is 1.90 bits per heavy atom. The first-order chi connectivity index (χ1) is 9.66. The van der Waals surface area contributed by atoms with Crippen molar-refractivity contribution in [3.8, 4) is 0 Å². The minimum atomic E-state index is -1.43. The molecule has 0 aromatic heterocycles. The lowest BCUT2D eigenvalue weighted by atomic mass is 9.80. The Kier molecular flexibility index (Phi) is 4.94. The highest BCUT2D eigenvalue weighted by Crippen LogP contribution is 2.14. The molecule has 0 atom stereocenters. The van der Waals surface area contributed by atoms with E-state index in [4.69, 9.17) is 10.0 Å². The highest BCUT2D eigenvalue weighted by molar-refractivity contribution is 6.58. The van der Waals surface area contributed by atoms with E-state index in [-0.39, 0.29) is 0 Å². The molecule has 1 aliphatic rings. The third-order valence-corrected chi connectivity index (χ3v) is 3.10. The van der Waals surface area contributed by atoms with Crippen molar-refractivity contribution in [1.82, 2.24) is 0 Å². The topological polar surface area (TPSA) is 40.5 Å². The molecule has 0 radical (unpaired) electrons. The maximum Gasteiger partial charge on any atom is 0.488 e. The van der Waals surface area contributed by atoms with Gasteiger partial charge in [-0.05, 0) is 28.6 Å². The van der Waals surface area contributed by atoms with Crippen LogP contribution >= 0.6 is 0 Å². The molecule has 3 heteroatoms. The van der Waals surface area contributed by atoms with Crippen molar-refractivity contribution in [2.24, 2.45) is 0 Å². The Balaban J connectivity index is 2.01. The van der Waals surface area contributed by atoms with Crippen LogP contribution in [0.15, 0.2) is 78.9 Å². The lowest BCUT2D eigenvalue weighted by Crippen LogP contribution is -2.29. The van der Waals surface area contributed by atoms with Crippen LogP contribution in [0.1, 0.15) is 12.0 Å². The summed E-state index contributed by atoms with van der Waals surface area (Å²) in [6, 6.07) is 7.04. The Hall–Kier alpha value is -2.10. The van der Waals surface area contributed by atoms with Crippen molar-refractivity contribution >= 4 is 18.2 Å². The Labute approximate surface area is 119 Å². The van der Waals surface area contributed by atoms with Crippen LogP contribution in [0.25, 0.3) is 5.57 Å². The predicted octanol–water partition coefficient (Wildman–Crippen LogP) is 2.38. The third-order valence-electron chi connectivity index (χ3n) is 3.10. The van der Waals surface area contributed by atoms with Crippen LogP contribution in [0.2, 0.25) is 0 Å².